The van der Waals surface area contributed by atoms with Crippen LogP contribution in [0.5, 0.6) is 5.75 Å². The van der Waals surface area contributed by atoms with Crippen LogP contribution in [-0.2, 0) is 13.2 Å². The zero-order valence-corrected chi connectivity index (χ0v) is 15.1. The molecule has 0 unspecified atom stereocenters. The third kappa shape index (κ3) is 4.62. The second-order valence-corrected chi connectivity index (χ2v) is 6.49. The van der Waals surface area contributed by atoms with E-state index in [0.29, 0.717) is 34.5 Å². The van der Waals surface area contributed by atoms with Crippen molar-refractivity contribution in [1.82, 2.24) is 9.55 Å². The molecule has 0 N–H and O–H groups in total. The Morgan fingerprint density at radius 2 is 1.92 bits per heavy atom. The zero-order valence-electron chi connectivity index (χ0n) is 13.6. The van der Waals surface area contributed by atoms with E-state index < -0.39 is 0 Å². The summed E-state index contributed by atoms with van der Waals surface area (Å²) >= 11 is 12.1. The summed E-state index contributed by atoms with van der Waals surface area (Å²) in [6, 6.07) is 12.5. The number of benzene rings is 2. The molecule has 0 bridgehead atoms. The first-order chi connectivity index (χ1) is 12.0. The van der Waals surface area contributed by atoms with Crippen molar-refractivity contribution in [3.05, 3.63) is 81.9 Å². The van der Waals surface area contributed by atoms with Crippen LogP contribution < -0.4 is 4.74 Å². The average Bonchev–Trinajstić information content (AvgIpc) is 2.99. The number of hydrogen-bond donors (Lipinski definition) is 0. The SMILES string of the molecule is CC(=O)c1cccc(OCc2nccn2Cc2cc(Cl)cc(Cl)c2)c1. The molecule has 0 amide bonds. The highest BCUT2D eigenvalue weighted by Crippen LogP contribution is 2.20. The second-order valence-electron chi connectivity index (χ2n) is 5.62. The van der Waals surface area contributed by atoms with E-state index >= 15 is 0 Å². The fraction of sp³-hybridized carbons (Fsp3) is 0.158. The minimum absolute atomic E-state index is 0.00443. The van der Waals surface area contributed by atoms with Gasteiger partial charge in [-0.25, -0.2) is 4.98 Å². The zero-order chi connectivity index (χ0) is 17.8. The Balaban J connectivity index is 1.71. The number of ether oxygens (including phenoxy) is 1. The van der Waals surface area contributed by atoms with E-state index in [-0.39, 0.29) is 5.78 Å². The number of rotatable bonds is 6. The van der Waals surface area contributed by atoms with Crippen molar-refractivity contribution >= 4 is 29.0 Å². The van der Waals surface area contributed by atoms with Gasteiger partial charge in [-0.1, -0.05) is 35.3 Å². The molecule has 4 nitrogen and oxygen atoms in total. The minimum atomic E-state index is 0.00443. The summed E-state index contributed by atoms with van der Waals surface area (Å²) in [5.41, 5.74) is 1.60. The highest BCUT2D eigenvalue weighted by Gasteiger charge is 2.07. The Morgan fingerprint density at radius 1 is 1.16 bits per heavy atom. The number of carbonyl (C=O) groups excluding carboxylic acids is 1. The quantitative estimate of drug-likeness (QED) is 0.569. The molecule has 0 radical (unpaired) electrons. The summed E-state index contributed by atoms with van der Waals surface area (Å²) in [7, 11) is 0. The summed E-state index contributed by atoms with van der Waals surface area (Å²) in [6.07, 6.45) is 3.59. The molecule has 0 saturated heterocycles. The predicted molar refractivity (Wildman–Crippen MR) is 98.6 cm³/mol. The van der Waals surface area contributed by atoms with E-state index in [4.69, 9.17) is 27.9 Å². The van der Waals surface area contributed by atoms with E-state index in [2.05, 4.69) is 4.98 Å². The fourth-order valence-corrected chi connectivity index (χ4v) is 3.05. The molecule has 3 rings (SSSR count). The van der Waals surface area contributed by atoms with Gasteiger partial charge in [0.15, 0.2) is 5.78 Å². The van der Waals surface area contributed by atoms with Gasteiger partial charge < -0.3 is 9.30 Å². The normalized spacial score (nSPS) is 10.7. The maximum absolute atomic E-state index is 11.4. The average molecular weight is 375 g/mol. The number of aromatic nitrogens is 2. The number of hydrogen-bond acceptors (Lipinski definition) is 3. The van der Waals surface area contributed by atoms with Gasteiger partial charge in [-0.2, -0.15) is 0 Å². The van der Waals surface area contributed by atoms with Gasteiger partial charge in [-0.15, -0.1) is 0 Å². The number of Topliss-reactive ketones (excluding diaryl/α,β-unsaturated/α-hetero) is 1. The van der Waals surface area contributed by atoms with Crippen LogP contribution in [0.25, 0.3) is 0 Å². The molecule has 0 spiro atoms. The first-order valence-electron chi connectivity index (χ1n) is 7.70. The van der Waals surface area contributed by atoms with Crippen LogP contribution in [0.3, 0.4) is 0 Å². The maximum atomic E-state index is 11.4. The Bertz CT molecular complexity index is 886. The van der Waals surface area contributed by atoms with E-state index in [1.54, 1.807) is 30.5 Å². The van der Waals surface area contributed by atoms with Crippen molar-refractivity contribution in [3.8, 4) is 5.75 Å². The van der Waals surface area contributed by atoms with Crippen molar-refractivity contribution in [2.45, 2.75) is 20.1 Å². The van der Waals surface area contributed by atoms with Crippen molar-refractivity contribution in [3.63, 3.8) is 0 Å². The number of imidazole rings is 1. The lowest BCUT2D eigenvalue weighted by Gasteiger charge is -2.11. The monoisotopic (exact) mass is 374 g/mol. The summed E-state index contributed by atoms with van der Waals surface area (Å²) < 4.78 is 7.75. The topological polar surface area (TPSA) is 44.1 Å². The van der Waals surface area contributed by atoms with Crippen LogP contribution in [0.4, 0.5) is 0 Å². The van der Waals surface area contributed by atoms with Gasteiger partial charge in [0.05, 0.1) is 0 Å². The van der Waals surface area contributed by atoms with E-state index in [9.17, 15) is 4.79 Å². The largest absolute Gasteiger partial charge is 0.486 e. The van der Waals surface area contributed by atoms with Gasteiger partial charge in [0.2, 0.25) is 0 Å². The lowest BCUT2D eigenvalue weighted by atomic mass is 10.1. The van der Waals surface area contributed by atoms with Gasteiger partial charge >= 0.3 is 0 Å². The molecule has 25 heavy (non-hydrogen) atoms. The number of nitrogens with zero attached hydrogens (tertiary/aromatic N) is 2. The summed E-state index contributed by atoms with van der Waals surface area (Å²) in [5, 5.41) is 1.20. The molecule has 0 saturated carbocycles. The lowest BCUT2D eigenvalue weighted by Crippen LogP contribution is -2.08. The third-order valence-electron chi connectivity index (χ3n) is 3.69. The standard InChI is InChI=1S/C19H16Cl2N2O2/c1-13(24)15-3-2-4-18(9-15)25-12-19-22-5-6-23(19)11-14-7-16(20)10-17(21)8-14/h2-10H,11-12H2,1H3. The molecule has 0 aliphatic rings. The molecule has 1 aromatic heterocycles. The summed E-state index contributed by atoms with van der Waals surface area (Å²) in [6.45, 7) is 2.41. The van der Waals surface area contributed by atoms with E-state index in [1.165, 1.54) is 6.92 Å². The van der Waals surface area contributed by atoms with Crippen LogP contribution in [-0.4, -0.2) is 15.3 Å². The van der Waals surface area contributed by atoms with E-state index in [1.807, 2.05) is 29.0 Å². The molecule has 6 heteroatoms. The highest BCUT2D eigenvalue weighted by atomic mass is 35.5. The Morgan fingerprint density at radius 3 is 2.64 bits per heavy atom. The third-order valence-corrected chi connectivity index (χ3v) is 4.12. The number of halogens is 2. The molecule has 2 aromatic carbocycles. The van der Waals surface area contributed by atoms with Crippen LogP contribution in [0.2, 0.25) is 10.0 Å². The molecule has 0 fully saturated rings. The van der Waals surface area contributed by atoms with E-state index in [0.717, 1.165) is 11.4 Å². The highest BCUT2D eigenvalue weighted by molar-refractivity contribution is 6.34. The van der Waals surface area contributed by atoms with Crippen molar-refractivity contribution in [2.24, 2.45) is 0 Å². The van der Waals surface area contributed by atoms with Gasteiger partial charge in [0, 0.05) is 34.5 Å². The maximum Gasteiger partial charge on any atom is 0.159 e. The van der Waals surface area contributed by atoms with Gasteiger partial charge in [-0.05, 0) is 42.8 Å². The van der Waals surface area contributed by atoms with Crippen molar-refractivity contribution < 1.29 is 9.53 Å². The lowest BCUT2D eigenvalue weighted by molar-refractivity contribution is 0.101. The molecule has 0 aliphatic carbocycles. The molecule has 0 atom stereocenters. The van der Waals surface area contributed by atoms with Crippen molar-refractivity contribution in [1.29, 1.82) is 0 Å². The fourth-order valence-electron chi connectivity index (χ4n) is 2.48. The molecule has 128 valence electrons. The summed E-state index contributed by atoms with van der Waals surface area (Å²) in [5.74, 6) is 1.40. The number of carbonyl (C=O) groups is 1. The molecular weight excluding hydrogens is 359 g/mol. The summed E-state index contributed by atoms with van der Waals surface area (Å²) in [4.78, 5) is 15.8. The van der Waals surface area contributed by atoms with Crippen molar-refractivity contribution in [2.75, 3.05) is 0 Å². The first-order valence-corrected chi connectivity index (χ1v) is 8.45. The molecule has 3 aromatic rings. The molecule has 0 aliphatic heterocycles. The first kappa shape index (κ1) is 17.5. The smallest absolute Gasteiger partial charge is 0.159 e. The van der Waals surface area contributed by atoms with Gasteiger partial charge in [-0.3, -0.25) is 4.79 Å². The van der Waals surface area contributed by atoms with Gasteiger partial charge in [0.25, 0.3) is 0 Å². The van der Waals surface area contributed by atoms with Crippen LogP contribution >= 0.6 is 23.2 Å². The Kier molecular flexibility index (Phi) is 5.41. The van der Waals surface area contributed by atoms with Crippen LogP contribution in [0, 0.1) is 0 Å². The second kappa shape index (κ2) is 7.72. The Labute approximate surface area is 156 Å². The number of ketones is 1. The molecular formula is C19H16Cl2N2O2. The molecule has 1 heterocycles. The van der Waals surface area contributed by atoms with Gasteiger partial charge in [0.1, 0.15) is 18.2 Å². The predicted octanol–water partition coefficient (Wildman–Crippen LogP) is 5.02. The Hall–Kier alpha value is -2.30. The van der Waals surface area contributed by atoms with Crippen LogP contribution in [0.15, 0.2) is 54.9 Å². The minimum Gasteiger partial charge on any atom is -0.486 e. The van der Waals surface area contributed by atoms with Crippen LogP contribution in [0.1, 0.15) is 28.7 Å².